The number of para-hydroxylation sites is 1. The van der Waals surface area contributed by atoms with Crippen LogP contribution in [0.4, 0.5) is 19.0 Å². The molecule has 2 aromatic heterocycles. The highest BCUT2D eigenvalue weighted by molar-refractivity contribution is 5.90. The Morgan fingerprint density at radius 3 is 2.68 bits per heavy atom. The second kappa shape index (κ2) is 7.03. The van der Waals surface area contributed by atoms with Crippen LogP contribution in [0.15, 0.2) is 48.7 Å². The molecule has 2 aromatic carbocycles. The number of fused-ring (bicyclic) bond motifs is 2. The zero-order valence-electron chi connectivity index (χ0n) is 15.0. The molecule has 0 fully saturated rings. The van der Waals surface area contributed by atoms with Crippen molar-refractivity contribution in [3.8, 4) is 5.75 Å². The Morgan fingerprint density at radius 1 is 1.07 bits per heavy atom. The lowest BCUT2D eigenvalue weighted by atomic mass is 10.1. The van der Waals surface area contributed by atoms with Crippen molar-refractivity contribution in [3.05, 3.63) is 60.0 Å². The van der Waals surface area contributed by atoms with Crippen molar-refractivity contribution in [2.24, 2.45) is 0 Å². The van der Waals surface area contributed by atoms with Gasteiger partial charge in [-0.3, -0.25) is 0 Å². The molecule has 0 spiro atoms. The number of alkyl halides is 3. The summed E-state index contributed by atoms with van der Waals surface area (Å²) in [5.74, 6) is -0.591. The van der Waals surface area contributed by atoms with Crippen molar-refractivity contribution in [1.82, 2.24) is 15.0 Å². The number of methoxy groups -OCH3 is 1. The zero-order chi connectivity index (χ0) is 19.7. The molecular weight excluding hydrogens is 369 g/mol. The minimum Gasteiger partial charge on any atom is -0.497 e. The molecule has 0 aliphatic rings. The van der Waals surface area contributed by atoms with Crippen LogP contribution in [0.2, 0.25) is 0 Å². The molecule has 0 atom stereocenters. The molecule has 4 rings (SSSR count). The van der Waals surface area contributed by atoms with Crippen molar-refractivity contribution in [1.29, 1.82) is 0 Å². The number of benzene rings is 2. The summed E-state index contributed by atoms with van der Waals surface area (Å²) in [6, 6.07) is 12.7. The van der Waals surface area contributed by atoms with Crippen molar-refractivity contribution >= 4 is 27.6 Å². The van der Waals surface area contributed by atoms with E-state index >= 15 is 0 Å². The van der Waals surface area contributed by atoms with Gasteiger partial charge in [0.1, 0.15) is 11.6 Å². The van der Waals surface area contributed by atoms with E-state index in [1.165, 1.54) is 13.2 Å². The van der Waals surface area contributed by atoms with Gasteiger partial charge in [-0.05, 0) is 30.2 Å². The van der Waals surface area contributed by atoms with Gasteiger partial charge in [-0.2, -0.15) is 13.2 Å². The maximum atomic E-state index is 13.2. The molecule has 8 heteroatoms. The van der Waals surface area contributed by atoms with Crippen LogP contribution in [-0.4, -0.2) is 28.6 Å². The number of hydrogen-bond acceptors (Lipinski definition) is 4. The van der Waals surface area contributed by atoms with Crippen LogP contribution < -0.4 is 10.1 Å². The summed E-state index contributed by atoms with van der Waals surface area (Å²) >= 11 is 0. The number of ether oxygens (including phenoxy) is 1. The summed E-state index contributed by atoms with van der Waals surface area (Å²) in [6.07, 6.45) is -2.09. The molecule has 144 valence electrons. The zero-order valence-corrected chi connectivity index (χ0v) is 15.0. The van der Waals surface area contributed by atoms with Gasteiger partial charge in [0.2, 0.25) is 5.82 Å². The second-order valence-electron chi connectivity index (χ2n) is 6.31. The third-order valence-electron chi connectivity index (χ3n) is 4.52. The molecule has 0 saturated heterocycles. The fourth-order valence-corrected chi connectivity index (χ4v) is 3.15. The number of anilines is 1. The summed E-state index contributed by atoms with van der Waals surface area (Å²) in [5, 5.41) is 4.64. The molecule has 0 radical (unpaired) electrons. The van der Waals surface area contributed by atoms with Gasteiger partial charge in [-0.1, -0.05) is 18.2 Å². The van der Waals surface area contributed by atoms with Gasteiger partial charge in [0.05, 0.1) is 12.6 Å². The van der Waals surface area contributed by atoms with E-state index in [2.05, 4.69) is 20.3 Å². The fraction of sp³-hybridized carbons (Fsp3) is 0.200. The first-order chi connectivity index (χ1) is 13.5. The van der Waals surface area contributed by atoms with Gasteiger partial charge in [0, 0.05) is 35.1 Å². The van der Waals surface area contributed by atoms with Gasteiger partial charge < -0.3 is 15.0 Å². The average molecular weight is 386 g/mol. The van der Waals surface area contributed by atoms with E-state index in [0.29, 0.717) is 24.1 Å². The first-order valence-electron chi connectivity index (χ1n) is 8.67. The number of nitrogens with one attached hydrogen (secondary N) is 2. The first-order valence-corrected chi connectivity index (χ1v) is 8.67. The number of hydrogen-bond donors (Lipinski definition) is 2. The molecule has 4 aromatic rings. The van der Waals surface area contributed by atoms with Gasteiger partial charge >= 0.3 is 6.18 Å². The lowest BCUT2D eigenvalue weighted by Crippen LogP contribution is -2.14. The topological polar surface area (TPSA) is 62.8 Å². The predicted molar refractivity (Wildman–Crippen MR) is 102 cm³/mol. The summed E-state index contributed by atoms with van der Waals surface area (Å²) in [4.78, 5) is 10.6. The molecule has 2 heterocycles. The monoisotopic (exact) mass is 386 g/mol. The van der Waals surface area contributed by atoms with Crippen LogP contribution in [0.1, 0.15) is 11.4 Å². The molecule has 0 saturated carbocycles. The molecule has 0 amide bonds. The maximum Gasteiger partial charge on any atom is 0.451 e. The quantitative estimate of drug-likeness (QED) is 0.518. The van der Waals surface area contributed by atoms with Crippen LogP contribution in [0.5, 0.6) is 5.75 Å². The molecule has 2 N–H and O–H groups in total. The highest BCUT2D eigenvalue weighted by atomic mass is 19.4. The molecule has 5 nitrogen and oxygen atoms in total. The Balaban J connectivity index is 1.63. The van der Waals surface area contributed by atoms with E-state index in [1.54, 1.807) is 12.1 Å². The molecule has 0 unspecified atom stereocenters. The number of aromatic amines is 1. The minimum absolute atomic E-state index is 0.153. The van der Waals surface area contributed by atoms with Crippen LogP contribution in [0.25, 0.3) is 21.8 Å². The number of rotatable bonds is 5. The number of halogens is 3. The largest absolute Gasteiger partial charge is 0.497 e. The third kappa shape index (κ3) is 3.45. The number of nitrogens with zero attached hydrogens (tertiary/aromatic N) is 2. The highest BCUT2D eigenvalue weighted by Gasteiger charge is 2.35. The van der Waals surface area contributed by atoms with E-state index in [-0.39, 0.29) is 11.3 Å². The van der Waals surface area contributed by atoms with E-state index < -0.39 is 12.0 Å². The smallest absolute Gasteiger partial charge is 0.451 e. The van der Waals surface area contributed by atoms with E-state index in [1.807, 2.05) is 30.5 Å². The van der Waals surface area contributed by atoms with Gasteiger partial charge in [-0.25, -0.2) is 9.97 Å². The summed E-state index contributed by atoms with van der Waals surface area (Å²) in [5.41, 5.74) is 2.28. The Labute approximate surface area is 158 Å². The normalized spacial score (nSPS) is 11.9. The lowest BCUT2D eigenvalue weighted by molar-refractivity contribution is -0.144. The average Bonchev–Trinajstić information content (AvgIpc) is 3.10. The van der Waals surface area contributed by atoms with E-state index in [4.69, 9.17) is 4.74 Å². The van der Waals surface area contributed by atoms with Crippen LogP contribution in [-0.2, 0) is 12.6 Å². The van der Waals surface area contributed by atoms with Crippen molar-refractivity contribution in [3.63, 3.8) is 0 Å². The third-order valence-corrected chi connectivity index (χ3v) is 4.52. The Hall–Kier alpha value is -3.29. The summed E-state index contributed by atoms with van der Waals surface area (Å²) in [6.45, 7) is 0.428. The Kier molecular flexibility index (Phi) is 4.54. The van der Waals surface area contributed by atoms with E-state index in [0.717, 1.165) is 16.5 Å². The highest BCUT2D eigenvalue weighted by Crippen LogP contribution is 2.31. The summed E-state index contributed by atoms with van der Waals surface area (Å²) in [7, 11) is 1.45. The van der Waals surface area contributed by atoms with Crippen molar-refractivity contribution < 1.29 is 17.9 Å². The summed E-state index contributed by atoms with van der Waals surface area (Å²) < 4.78 is 44.7. The molecular formula is C20H17F3N4O. The van der Waals surface area contributed by atoms with Crippen LogP contribution in [0, 0.1) is 0 Å². The van der Waals surface area contributed by atoms with Gasteiger partial charge in [-0.15, -0.1) is 0 Å². The standard InChI is InChI=1S/C20H17F3N4O/c1-28-13-6-7-15-17(10-13)26-19(20(21,22)23)27-18(15)24-9-8-12-11-25-16-5-3-2-4-14(12)16/h2-7,10-11,25H,8-9H2,1H3,(H,24,26,27). The Morgan fingerprint density at radius 2 is 1.89 bits per heavy atom. The first kappa shape index (κ1) is 18.1. The molecule has 0 bridgehead atoms. The van der Waals surface area contributed by atoms with Crippen LogP contribution in [0.3, 0.4) is 0 Å². The fourth-order valence-electron chi connectivity index (χ4n) is 3.15. The van der Waals surface area contributed by atoms with Gasteiger partial charge in [0.25, 0.3) is 0 Å². The molecule has 0 aliphatic carbocycles. The van der Waals surface area contributed by atoms with Crippen molar-refractivity contribution in [2.75, 3.05) is 19.0 Å². The Bertz CT molecular complexity index is 1140. The minimum atomic E-state index is -4.63. The molecule has 28 heavy (non-hydrogen) atoms. The predicted octanol–water partition coefficient (Wildman–Crippen LogP) is 4.79. The van der Waals surface area contributed by atoms with Crippen LogP contribution >= 0.6 is 0 Å². The molecule has 0 aliphatic heterocycles. The number of aromatic nitrogens is 3. The van der Waals surface area contributed by atoms with Gasteiger partial charge in [0.15, 0.2) is 0 Å². The van der Waals surface area contributed by atoms with E-state index in [9.17, 15) is 13.2 Å². The lowest BCUT2D eigenvalue weighted by Gasteiger charge is -2.13. The maximum absolute atomic E-state index is 13.2. The SMILES string of the molecule is COc1ccc2c(NCCc3c[nH]c4ccccc34)nc(C(F)(F)F)nc2c1. The van der Waals surface area contributed by atoms with Crippen molar-refractivity contribution in [2.45, 2.75) is 12.6 Å². The number of H-pyrrole nitrogens is 1. The second-order valence-corrected chi connectivity index (χ2v) is 6.31.